The number of rotatable bonds is 7. The summed E-state index contributed by atoms with van der Waals surface area (Å²) in [5.74, 6) is -0.159. The number of aryl methyl sites for hydroxylation is 1. The minimum atomic E-state index is -0.159. The van der Waals surface area contributed by atoms with Gasteiger partial charge in [-0.1, -0.05) is 72.4 Å². The molecular weight excluding hydrogens is 412 g/mol. The first-order valence-corrected chi connectivity index (χ1v) is 11.7. The molecule has 1 amide bonds. The summed E-state index contributed by atoms with van der Waals surface area (Å²) in [4.78, 5) is 23.3. The van der Waals surface area contributed by atoms with Gasteiger partial charge in [-0.25, -0.2) is 9.97 Å². The van der Waals surface area contributed by atoms with E-state index in [9.17, 15) is 4.79 Å². The van der Waals surface area contributed by atoms with E-state index in [0.29, 0.717) is 22.3 Å². The number of carbonyl (C=O) groups excluding carboxylic acids is 1. The van der Waals surface area contributed by atoms with Gasteiger partial charge in [-0.2, -0.15) is 0 Å². The molecule has 0 aliphatic rings. The predicted molar refractivity (Wildman–Crippen MR) is 126 cm³/mol. The standard InChI is InChI=1S/C23H22N4OS2/c1-29-23-26-19(16-12-6-3-7-13-16)17-18(24)20(30-22(17)27-23)21(28)25-14-8-11-15-9-4-2-5-10-15/h2-7,9-10,12-13H,8,11,14,24H2,1H3,(H,25,28). The summed E-state index contributed by atoms with van der Waals surface area (Å²) in [5.41, 5.74) is 9.86. The molecule has 0 spiro atoms. The molecule has 152 valence electrons. The summed E-state index contributed by atoms with van der Waals surface area (Å²) < 4.78 is 0. The highest BCUT2D eigenvalue weighted by Gasteiger charge is 2.21. The van der Waals surface area contributed by atoms with Gasteiger partial charge in [-0.05, 0) is 24.7 Å². The third kappa shape index (κ3) is 4.32. The number of hydrogen-bond donors (Lipinski definition) is 2. The van der Waals surface area contributed by atoms with Crippen LogP contribution in [-0.2, 0) is 6.42 Å². The summed E-state index contributed by atoms with van der Waals surface area (Å²) in [7, 11) is 0. The first-order valence-electron chi connectivity index (χ1n) is 9.69. The number of anilines is 1. The van der Waals surface area contributed by atoms with Crippen molar-refractivity contribution in [2.24, 2.45) is 0 Å². The Hall–Kier alpha value is -2.90. The van der Waals surface area contributed by atoms with Crippen LogP contribution in [0.15, 0.2) is 65.8 Å². The lowest BCUT2D eigenvalue weighted by Gasteiger charge is -2.06. The van der Waals surface area contributed by atoms with Gasteiger partial charge in [0, 0.05) is 12.1 Å². The molecule has 0 fully saturated rings. The maximum atomic E-state index is 12.8. The molecular formula is C23H22N4OS2. The largest absolute Gasteiger partial charge is 0.397 e. The zero-order valence-electron chi connectivity index (χ0n) is 16.6. The fourth-order valence-corrected chi connectivity index (χ4v) is 4.72. The van der Waals surface area contributed by atoms with Crippen molar-refractivity contribution in [2.75, 3.05) is 18.5 Å². The molecule has 0 saturated heterocycles. The van der Waals surface area contributed by atoms with Crippen LogP contribution in [0.1, 0.15) is 21.7 Å². The van der Waals surface area contributed by atoms with E-state index in [1.807, 2.05) is 54.8 Å². The lowest BCUT2D eigenvalue weighted by atomic mass is 10.1. The number of amides is 1. The molecule has 0 aliphatic carbocycles. The van der Waals surface area contributed by atoms with Crippen molar-refractivity contribution in [3.63, 3.8) is 0 Å². The number of benzene rings is 2. The van der Waals surface area contributed by atoms with Gasteiger partial charge in [-0.15, -0.1) is 11.3 Å². The number of nitrogens with zero attached hydrogens (tertiary/aromatic N) is 2. The van der Waals surface area contributed by atoms with Crippen molar-refractivity contribution < 1.29 is 4.79 Å². The summed E-state index contributed by atoms with van der Waals surface area (Å²) in [6, 6.07) is 20.1. The van der Waals surface area contributed by atoms with Crippen LogP contribution >= 0.6 is 23.1 Å². The summed E-state index contributed by atoms with van der Waals surface area (Å²) >= 11 is 2.80. The Morgan fingerprint density at radius 1 is 1.07 bits per heavy atom. The lowest BCUT2D eigenvalue weighted by Crippen LogP contribution is -2.24. The average molecular weight is 435 g/mol. The first-order chi connectivity index (χ1) is 14.7. The normalized spacial score (nSPS) is 11.0. The first kappa shape index (κ1) is 20.4. The number of nitrogens with two attached hydrogens (primary N) is 1. The SMILES string of the molecule is CSc1nc(-c2ccccc2)c2c(N)c(C(=O)NCCCc3ccccc3)sc2n1. The monoisotopic (exact) mass is 434 g/mol. The van der Waals surface area contributed by atoms with E-state index in [0.717, 1.165) is 34.3 Å². The van der Waals surface area contributed by atoms with E-state index >= 15 is 0 Å². The maximum absolute atomic E-state index is 12.8. The zero-order valence-corrected chi connectivity index (χ0v) is 18.2. The molecule has 4 aromatic rings. The molecule has 7 heteroatoms. The second-order valence-electron chi connectivity index (χ2n) is 6.80. The molecule has 0 radical (unpaired) electrons. The number of carbonyl (C=O) groups is 1. The third-order valence-corrected chi connectivity index (χ3v) is 6.42. The Bertz CT molecular complexity index is 1160. The van der Waals surface area contributed by atoms with Crippen molar-refractivity contribution in [1.29, 1.82) is 0 Å². The number of hydrogen-bond acceptors (Lipinski definition) is 6. The summed E-state index contributed by atoms with van der Waals surface area (Å²) in [6.07, 6.45) is 3.73. The number of fused-ring (bicyclic) bond motifs is 1. The Morgan fingerprint density at radius 3 is 2.47 bits per heavy atom. The van der Waals surface area contributed by atoms with Gasteiger partial charge in [-0.3, -0.25) is 4.79 Å². The van der Waals surface area contributed by atoms with E-state index < -0.39 is 0 Å². The number of thioether (sulfide) groups is 1. The van der Waals surface area contributed by atoms with Gasteiger partial charge in [0.15, 0.2) is 5.16 Å². The topological polar surface area (TPSA) is 80.9 Å². The molecule has 0 atom stereocenters. The summed E-state index contributed by atoms with van der Waals surface area (Å²) in [6.45, 7) is 0.592. The van der Waals surface area contributed by atoms with Crippen LogP contribution in [-0.4, -0.2) is 28.7 Å². The van der Waals surface area contributed by atoms with Gasteiger partial charge >= 0.3 is 0 Å². The molecule has 2 aromatic carbocycles. The lowest BCUT2D eigenvalue weighted by molar-refractivity contribution is 0.0958. The van der Waals surface area contributed by atoms with E-state index in [4.69, 9.17) is 5.73 Å². The second kappa shape index (κ2) is 9.28. The molecule has 0 aliphatic heterocycles. The predicted octanol–water partition coefficient (Wildman–Crippen LogP) is 5.03. The number of thiophene rings is 1. The van der Waals surface area contributed by atoms with Crippen molar-refractivity contribution in [3.05, 3.63) is 71.1 Å². The van der Waals surface area contributed by atoms with E-state index in [-0.39, 0.29) is 5.91 Å². The highest BCUT2D eigenvalue weighted by Crippen LogP contribution is 2.39. The Balaban J connectivity index is 1.57. The van der Waals surface area contributed by atoms with Gasteiger partial charge in [0.25, 0.3) is 5.91 Å². The van der Waals surface area contributed by atoms with Crippen LogP contribution < -0.4 is 11.1 Å². The Morgan fingerprint density at radius 2 is 1.77 bits per heavy atom. The third-order valence-electron chi connectivity index (χ3n) is 4.77. The van der Waals surface area contributed by atoms with Crippen LogP contribution in [0.25, 0.3) is 21.5 Å². The number of aromatic nitrogens is 2. The molecule has 0 saturated carbocycles. The molecule has 30 heavy (non-hydrogen) atoms. The summed E-state index contributed by atoms with van der Waals surface area (Å²) in [5, 5.41) is 4.41. The smallest absolute Gasteiger partial charge is 0.263 e. The fourth-order valence-electron chi connectivity index (χ4n) is 3.29. The molecule has 5 nitrogen and oxygen atoms in total. The molecule has 2 heterocycles. The molecule has 0 bridgehead atoms. The zero-order chi connectivity index (χ0) is 20.9. The molecule has 2 aromatic heterocycles. The highest BCUT2D eigenvalue weighted by molar-refractivity contribution is 7.98. The average Bonchev–Trinajstić information content (AvgIpc) is 3.13. The van der Waals surface area contributed by atoms with Crippen molar-refractivity contribution >= 4 is 44.9 Å². The minimum absolute atomic E-state index is 0.159. The Labute approximate surface area is 183 Å². The van der Waals surface area contributed by atoms with E-state index in [2.05, 4.69) is 27.4 Å². The Kier molecular flexibility index (Phi) is 6.30. The molecule has 3 N–H and O–H groups in total. The molecule has 0 unspecified atom stereocenters. The minimum Gasteiger partial charge on any atom is -0.397 e. The van der Waals surface area contributed by atoms with Crippen LogP contribution in [0.3, 0.4) is 0 Å². The van der Waals surface area contributed by atoms with Crippen LogP contribution in [0.4, 0.5) is 5.69 Å². The highest BCUT2D eigenvalue weighted by atomic mass is 32.2. The van der Waals surface area contributed by atoms with Gasteiger partial charge < -0.3 is 11.1 Å². The van der Waals surface area contributed by atoms with Crippen molar-refractivity contribution in [3.8, 4) is 11.3 Å². The quantitative estimate of drug-likeness (QED) is 0.242. The van der Waals surface area contributed by atoms with Crippen LogP contribution in [0, 0.1) is 0 Å². The van der Waals surface area contributed by atoms with Crippen molar-refractivity contribution in [1.82, 2.24) is 15.3 Å². The fraction of sp³-hybridized carbons (Fsp3) is 0.174. The maximum Gasteiger partial charge on any atom is 0.263 e. The van der Waals surface area contributed by atoms with E-state index in [1.165, 1.54) is 28.7 Å². The molecule has 4 rings (SSSR count). The van der Waals surface area contributed by atoms with Crippen LogP contribution in [0.2, 0.25) is 0 Å². The van der Waals surface area contributed by atoms with Gasteiger partial charge in [0.2, 0.25) is 0 Å². The van der Waals surface area contributed by atoms with Gasteiger partial charge in [0.1, 0.15) is 9.71 Å². The van der Waals surface area contributed by atoms with E-state index in [1.54, 1.807) is 0 Å². The van der Waals surface area contributed by atoms with Gasteiger partial charge in [0.05, 0.1) is 16.8 Å². The number of nitrogen functional groups attached to an aromatic ring is 1. The van der Waals surface area contributed by atoms with Crippen molar-refractivity contribution in [2.45, 2.75) is 18.0 Å². The number of nitrogens with one attached hydrogen (secondary N) is 1. The van der Waals surface area contributed by atoms with Crippen LogP contribution in [0.5, 0.6) is 0 Å². The second-order valence-corrected chi connectivity index (χ2v) is 8.57.